The summed E-state index contributed by atoms with van der Waals surface area (Å²) in [7, 11) is 0. The molecule has 1 aromatic carbocycles. The molecule has 1 aliphatic rings. The van der Waals surface area contributed by atoms with E-state index in [2.05, 4.69) is 54.2 Å². The summed E-state index contributed by atoms with van der Waals surface area (Å²) in [6.07, 6.45) is 2.58. The second-order valence-electron chi connectivity index (χ2n) is 5.51. The summed E-state index contributed by atoms with van der Waals surface area (Å²) in [6.45, 7) is 6.42. The maximum Gasteiger partial charge on any atom is 0.151 e. The Kier molecular flexibility index (Phi) is 3.38. The fourth-order valence-corrected chi connectivity index (χ4v) is 2.68. The molecule has 3 nitrogen and oxygen atoms in total. The fourth-order valence-electron chi connectivity index (χ4n) is 2.68. The molecule has 1 atom stereocenters. The lowest BCUT2D eigenvalue weighted by Crippen LogP contribution is -2.25. The lowest BCUT2D eigenvalue weighted by molar-refractivity contribution is 0.226. The molecule has 1 aliphatic heterocycles. The Morgan fingerprint density at radius 1 is 1.32 bits per heavy atom. The van der Waals surface area contributed by atoms with Crippen LogP contribution in [0.4, 0.5) is 0 Å². The van der Waals surface area contributed by atoms with Gasteiger partial charge in [-0.3, -0.25) is 4.90 Å². The molecule has 0 bridgehead atoms. The third-order valence-electron chi connectivity index (χ3n) is 3.96. The number of likely N-dealkylation sites (tertiary alicyclic amines) is 1. The molecule has 0 amide bonds. The standard InChI is InChI=1S/C16H20N2O/c1-12-5-7-14(8-6-12)16-10-15(19-17-16)11-18-9-3-4-13(18)2/h5-8,10,13H,3-4,9,11H2,1-2H3. The van der Waals surface area contributed by atoms with Crippen LogP contribution < -0.4 is 0 Å². The van der Waals surface area contributed by atoms with Crippen molar-refractivity contribution >= 4 is 0 Å². The molecule has 1 unspecified atom stereocenters. The molecule has 3 heteroatoms. The van der Waals surface area contributed by atoms with Crippen LogP contribution in [-0.2, 0) is 6.54 Å². The highest BCUT2D eigenvalue weighted by Crippen LogP contribution is 2.23. The van der Waals surface area contributed by atoms with E-state index in [0.29, 0.717) is 6.04 Å². The third-order valence-corrected chi connectivity index (χ3v) is 3.96. The van der Waals surface area contributed by atoms with Crippen LogP contribution >= 0.6 is 0 Å². The maximum absolute atomic E-state index is 5.47. The van der Waals surface area contributed by atoms with Gasteiger partial charge in [-0.25, -0.2) is 0 Å². The minimum absolute atomic E-state index is 0.660. The van der Waals surface area contributed by atoms with Gasteiger partial charge in [0.05, 0.1) is 6.54 Å². The van der Waals surface area contributed by atoms with Crippen molar-refractivity contribution in [2.24, 2.45) is 0 Å². The van der Waals surface area contributed by atoms with E-state index in [0.717, 1.165) is 23.6 Å². The van der Waals surface area contributed by atoms with Crippen molar-refractivity contribution in [2.45, 2.75) is 39.3 Å². The van der Waals surface area contributed by atoms with Gasteiger partial charge in [0.15, 0.2) is 5.76 Å². The van der Waals surface area contributed by atoms with Crippen LogP contribution in [0.2, 0.25) is 0 Å². The van der Waals surface area contributed by atoms with Crippen molar-refractivity contribution in [2.75, 3.05) is 6.54 Å². The predicted molar refractivity (Wildman–Crippen MR) is 75.8 cm³/mol. The Morgan fingerprint density at radius 3 is 2.79 bits per heavy atom. The Labute approximate surface area is 114 Å². The number of benzene rings is 1. The quantitative estimate of drug-likeness (QED) is 0.839. The van der Waals surface area contributed by atoms with E-state index in [4.69, 9.17) is 4.52 Å². The van der Waals surface area contributed by atoms with Crippen LogP contribution in [0, 0.1) is 6.92 Å². The monoisotopic (exact) mass is 256 g/mol. The molecular weight excluding hydrogens is 236 g/mol. The number of aromatic nitrogens is 1. The van der Waals surface area contributed by atoms with Crippen LogP contribution in [0.1, 0.15) is 31.1 Å². The molecule has 3 rings (SSSR count). The number of hydrogen-bond donors (Lipinski definition) is 0. The smallest absolute Gasteiger partial charge is 0.151 e. The second kappa shape index (κ2) is 5.17. The zero-order valence-electron chi connectivity index (χ0n) is 11.6. The maximum atomic E-state index is 5.47. The Morgan fingerprint density at radius 2 is 2.11 bits per heavy atom. The number of aryl methyl sites for hydroxylation is 1. The summed E-state index contributed by atoms with van der Waals surface area (Å²) in [5, 5.41) is 4.18. The topological polar surface area (TPSA) is 29.3 Å². The van der Waals surface area contributed by atoms with E-state index < -0.39 is 0 Å². The van der Waals surface area contributed by atoms with Crippen molar-refractivity contribution in [3.63, 3.8) is 0 Å². The minimum atomic E-state index is 0.660. The molecule has 19 heavy (non-hydrogen) atoms. The van der Waals surface area contributed by atoms with Gasteiger partial charge in [-0.05, 0) is 33.2 Å². The highest BCUT2D eigenvalue weighted by atomic mass is 16.5. The minimum Gasteiger partial charge on any atom is -0.359 e. The van der Waals surface area contributed by atoms with E-state index >= 15 is 0 Å². The highest BCUT2D eigenvalue weighted by Gasteiger charge is 2.21. The molecule has 0 spiro atoms. The summed E-state index contributed by atoms with van der Waals surface area (Å²) in [6, 6.07) is 11.1. The largest absolute Gasteiger partial charge is 0.359 e. The van der Waals surface area contributed by atoms with Gasteiger partial charge in [-0.1, -0.05) is 35.0 Å². The van der Waals surface area contributed by atoms with Gasteiger partial charge < -0.3 is 4.52 Å². The van der Waals surface area contributed by atoms with Crippen LogP contribution in [0.5, 0.6) is 0 Å². The molecule has 1 saturated heterocycles. The van der Waals surface area contributed by atoms with Gasteiger partial charge >= 0.3 is 0 Å². The van der Waals surface area contributed by atoms with E-state index in [1.807, 2.05) is 0 Å². The summed E-state index contributed by atoms with van der Waals surface area (Å²) in [4.78, 5) is 2.46. The number of hydrogen-bond acceptors (Lipinski definition) is 3. The average molecular weight is 256 g/mol. The van der Waals surface area contributed by atoms with Crippen molar-refractivity contribution in [3.05, 3.63) is 41.7 Å². The number of rotatable bonds is 3. The number of nitrogens with zero attached hydrogens (tertiary/aromatic N) is 2. The molecule has 100 valence electrons. The van der Waals surface area contributed by atoms with Crippen molar-refractivity contribution in [1.82, 2.24) is 10.1 Å². The lowest BCUT2D eigenvalue weighted by atomic mass is 10.1. The summed E-state index contributed by atoms with van der Waals surface area (Å²) >= 11 is 0. The predicted octanol–water partition coefficient (Wildman–Crippen LogP) is 3.63. The first-order valence-corrected chi connectivity index (χ1v) is 6.99. The van der Waals surface area contributed by atoms with Crippen LogP contribution in [0.15, 0.2) is 34.9 Å². The Balaban J connectivity index is 1.74. The van der Waals surface area contributed by atoms with Gasteiger partial charge in [0.2, 0.25) is 0 Å². The molecular formula is C16H20N2O. The fraction of sp³-hybridized carbons (Fsp3) is 0.438. The molecule has 1 fully saturated rings. The van der Waals surface area contributed by atoms with E-state index in [-0.39, 0.29) is 0 Å². The van der Waals surface area contributed by atoms with Gasteiger partial charge in [0, 0.05) is 17.7 Å². The van der Waals surface area contributed by atoms with Gasteiger partial charge in [0.25, 0.3) is 0 Å². The van der Waals surface area contributed by atoms with Crippen LogP contribution in [0.3, 0.4) is 0 Å². The molecule has 0 aliphatic carbocycles. The molecule has 2 heterocycles. The van der Waals surface area contributed by atoms with Crippen molar-refractivity contribution < 1.29 is 4.52 Å². The summed E-state index contributed by atoms with van der Waals surface area (Å²) in [5.41, 5.74) is 3.32. The van der Waals surface area contributed by atoms with Crippen LogP contribution in [0.25, 0.3) is 11.3 Å². The van der Waals surface area contributed by atoms with Gasteiger partial charge in [-0.15, -0.1) is 0 Å². The zero-order chi connectivity index (χ0) is 13.2. The van der Waals surface area contributed by atoms with Crippen molar-refractivity contribution in [3.8, 4) is 11.3 Å². The first-order chi connectivity index (χ1) is 9.22. The zero-order valence-corrected chi connectivity index (χ0v) is 11.6. The third kappa shape index (κ3) is 2.71. The molecule has 1 aromatic heterocycles. The molecule has 2 aromatic rings. The molecule has 0 saturated carbocycles. The van der Waals surface area contributed by atoms with E-state index in [9.17, 15) is 0 Å². The Hall–Kier alpha value is -1.61. The SMILES string of the molecule is Cc1ccc(-c2cc(CN3CCCC3C)on2)cc1. The lowest BCUT2D eigenvalue weighted by Gasteiger charge is -2.18. The van der Waals surface area contributed by atoms with Crippen molar-refractivity contribution in [1.29, 1.82) is 0 Å². The normalized spacial score (nSPS) is 20.0. The highest BCUT2D eigenvalue weighted by molar-refractivity contribution is 5.59. The second-order valence-corrected chi connectivity index (χ2v) is 5.51. The van der Waals surface area contributed by atoms with Gasteiger partial charge in [0.1, 0.15) is 5.69 Å². The first-order valence-electron chi connectivity index (χ1n) is 6.99. The first kappa shape index (κ1) is 12.4. The van der Waals surface area contributed by atoms with Crippen LogP contribution in [-0.4, -0.2) is 22.6 Å². The average Bonchev–Trinajstić information content (AvgIpc) is 3.01. The molecule has 0 radical (unpaired) electrons. The summed E-state index contributed by atoms with van der Waals surface area (Å²) in [5.74, 6) is 0.962. The van der Waals surface area contributed by atoms with E-state index in [1.165, 1.54) is 24.9 Å². The molecule has 0 N–H and O–H groups in total. The van der Waals surface area contributed by atoms with E-state index in [1.54, 1.807) is 0 Å². The van der Waals surface area contributed by atoms with Gasteiger partial charge in [-0.2, -0.15) is 0 Å². The summed E-state index contributed by atoms with van der Waals surface area (Å²) < 4.78 is 5.47. The Bertz CT molecular complexity index is 544.